The summed E-state index contributed by atoms with van der Waals surface area (Å²) < 4.78 is 18.0. The van der Waals surface area contributed by atoms with Gasteiger partial charge in [0.05, 0.1) is 12.9 Å². The Morgan fingerprint density at radius 3 is 2.08 bits per heavy atom. The highest BCUT2D eigenvalue weighted by atomic mass is 19.1. The van der Waals surface area contributed by atoms with Gasteiger partial charge >= 0.3 is 0 Å². The molecule has 1 aromatic rings. The van der Waals surface area contributed by atoms with Crippen molar-refractivity contribution < 1.29 is 9.13 Å². The molecule has 2 heteroatoms. The standard InChI is InChI=1S/C23H33FO/c1-2-17-25-23-13-11-22(12-14-23)21-9-7-20(8-10-21)19-5-3-18(4-6-19)15-16-24/h11-16,18-21H,2-10,17H2,1H3. The number of halogens is 1. The lowest BCUT2D eigenvalue weighted by Gasteiger charge is -2.37. The highest BCUT2D eigenvalue weighted by Gasteiger charge is 2.30. The van der Waals surface area contributed by atoms with Crippen LogP contribution in [0.4, 0.5) is 4.39 Å². The van der Waals surface area contributed by atoms with Crippen molar-refractivity contribution in [1.29, 1.82) is 0 Å². The second kappa shape index (κ2) is 9.40. The molecule has 0 aromatic heterocycles. The minimum Gasteiger partial charge on any atom is -0.494 e. The summed E-state index contributed by atoms with van der Waals surface area (Å²) in [6.07, 6.45) is 13.9. The molecule has 0 atom stereocenters. The average molecular weight is 345 g/mol. The molecule has 0 spiro atoms. The summed E-state index contributed by atoms with van der Waals surface area (Å²) in [4.78, 5) is 0. The molecule has 0 radical (unpaired) electrons. The molecule has 0 saturated heterocycles. The first kappa shape index (κ1) is 18.5. The molecule has 1 aromatic carbocycles. The Balaban J connectivity index is 1.45. The molecule has 1 nitrogen and oxygen atoms in total. The Bertz CT molecular complexity index is 520. The third kappa shape index (κ3) is 5.09. The molecule has 2 aliphatic carbocycles. The van der Waals surface area contributed by atoms with Crippen LogP contribution in [-0.4, -0.2) is 6.61 Å². The van der Waals surface area contributed by atoms with Crippen LogP contribution in [0.15, 0.2) is 36.7 Å². The maximum atomic E-state index is 12.3. The fourth-order valence-corrected chi connectivity index (χ4v) is 4.89. The van der Waals surface area contributed by atoms with Gasteiger partial charge < -0.3 is 4.74 Å². The third-order valence-corrected chi connectivity index (χ3v) is 6.42. The average Bonchev–Trinajstić information content (AvgIpc) is 2.68. The molecule has 2 saturated carbocycles. The first-order valence-electron chi connectivity index (χ1n) is 10.3. The summed E-state index contributed by atoms with van der Waals surface area (Å²) in [7, 11) is 0. The van der Waals surface area contributed by atoms with Crippen LogP contribution in [0.2, 0.25) is 0 Å². The summed E-state index contributed by atoms with van der Waals surface area (Å²) in [5.74, 6) is 4.00. The fraction of sp³-hybridized carbons (Fsp3) is 0.652. The van der Waals surface area contributed by atoms with E-state index in [0.29, 0.717) is 5.92 Å². The predicted octanol–water partition coefficient (Wildman–Crippen LogP) is 7.04. The number of allylic oxidation sites excluding steroid dienone is 1. The van der Waals surface area contributed by atoms with Crippen molar-refractivity contribution in [2.24, 2.45) is 17.8 Å². The van der Waals surface area contributed by atoms with Crippen molar-refractivity contribution in [2.45, 2.75) is 70.6 Å². The van der Waals surface area contributed by atoms with Crippen molar-refractivity contribution in [3.8, 4) is 5.75 Å². The van der Waals surface area contributed by atoms with Crippen LogP contribution in [0.3, 0.4) is 0 Å². The van der Waals surface area contributed by atoms with Crippen LogP contribution >= 0.6 is 0 Å². The molecule has 0 unspecified atom stereocenters. The summed E-state index contributed by atoms with van der Waals surface area (Å²) in [6.45, 7) is 2.94. The topological polar surface area (TPSA) is 9.23 Å². The highest BCUT2D eigenvalue weighted by Crippen LogP contribution is 2.44. The van der Waals surface area contributed by atoms with Crippen molar-refractivity contribution in [3.63, 3.8) is 0 Å². The van der Waals surface area contributed by atoms with Gasteiger partial charge in [-0.05, 0) is 99.2 Å². The van der Waals surface area contributed by atoms with Crippen LogP contribution in [-0.2, 0) is 0 Å². The molecule has 3 rings (SSSR count). The molecular weight excluding hydrogens is 311 g/mol. The van der Waals surface area contributed by atoms with E-state index in [4.69, 9.17) is 4.74 Å². The summed E-state index contributed by atoms with van der Waals surface area (Å²) in [5.41, 5.74) is 1.49. The molecule has 138 valence electrons. The molecule has 2 fully saturated rings. The molecule has 0 aliphatic heterocycles. The molecular formula is C23H33FO. The summed E-state index contributed by atoms with van der Waals surface area (Å²) >= 11 is 0. The van der Waals surface area contributed by atoms with E-state index < -0.39 is 0 Å². The summed E-state index contributed by atoms with van der Waals surface area (Å²) in [5, 5.41) is 0. The first-order chi connectivity index (χ1) is 12.3. The Morgan fingerprint density at radius 2 is 1.52 bits per heavy atom. The van der Waals surface area contributed by atoms with Gasteiger partial charge in [-0.1, -0.05) is 25.1 Å². The molecule has 0 N–H and O–H groups in total. The zero-order valence-corrected chi connectivity index (χ0v) is 15.6. The number of hydrogen-bond donors (Lipinski definition) is 0. The quantitative estimate of drug-likeness (QED) is 0.538. The van der Waals surface area contributed by atoms with Gasteiger partial charge in [-0.3, -0.25) is 0 Å². The van der Waals surface area contributed by atoms with Crippen LogP contribution in [0.25, 0.3) is 0 Å². The van der Waals surface area contributed by atoms with E-state index in [9.17, 15) is 4.39 Å². The van der Waals surface area contributed by atoms with Crippen molar-refractivity contribution >= 4 is 0 Å². The maximum Gasteiger partial charge on any atom is 0.119 e. The third-order valence-electron chi connectivity index (χ3n) is 6.42. The lowest BCUT2D eigenvalue weighted by Crippen LogP contribution is -2.25. The zero-order valence-electron chi connectivity index (χ0n) is 15.6. The van der Waals surface area contributed by atoms with Gasteiger partial charge in [-0.2, -0.15) is 0 Å². The minimum atomic E-state index is 0.492. The number of hydrogen-bond acceptors (Lipinski definition) is 1. The van der Waals surface area contributed by atoms with Gasteiger partial charge in [0, 0.05) is 0 Å². The number of rotatable bonds is 6. The van der Waals surface area contributed by atoms with Crippen LogP contribution in [0.5, 0.6) is 5.75 Å². The number of ether oxygens (including phenoxy) is 1. The monoisotopic (exact) mass is 344 g/mol. The van der Waals surface area contributed by atoms with E-state index >= 15 is 0 Å². The van der Waals surface area contributed by atoms with Crippen molar-refractivity contribution in [2.75, 3.05) is 6.61 Å². The smallest absolute Gasteiger partial charge is 0.119 e. The van der Waals surface area contributed by atoms with Crippen LogP contribution < -0.4 is 4.74 Å². The van der Waals surface area contributed by atoms with Gasteiger partial charge in [0.25, 0.3) is 0 Å². The fourth-order valence-electron chi connectivity index (χ4n) is 4.89. The van der Waals surface area contributed by atoms with Gasteiger partial charge in [0.1, 0.15) is 5.75 Å². The number of benzene rings is 1. The van der Waals surface area contributed by atoms with E-state index in [2.05, 4.69) is 31.2 Å². The van der Waals surface area contributed by atoms with Crippen molar-refractivity contribution in [3.05, 3.63) is 42.2 Å². The van der Waals surface area contributed by atoms with E-state index in [0.717, 1.165) is 42.9 Å². The van der Waals surface area contributed by atoms with Gasteiger partial charge in [0.15, 0.2) is 0 Å². The van der Waals surface area contributed by atoms with Gasteiger partial charge in [0.2, 0.25) is 0 Å². The SMILES string of the molecule is CCCOc1ccc(C2CCC(C3CCC(C=CF)CC3)CC2)cc1. The molecule has 0 heterocycles. The van der Waals surface area contributed by atoms with Crippen LogP contribution in [0, 0.1) is 17.8 Å². The summed E-state index contributed by atoms with van der Waals surface area (Å²) in [6, 6.07) is 8.81. The van der Waals surface area contributed by atoms with E-state index in [1.165, 1.54) is 56.9 Å². The van der Waals surface area contributed by atoms with Crippen LogP contribution in [0.1, 0.15) is 76.2 Å². The van der Waals surface area contributed by atoms with E-state index in [1.54, 1.807) is 6.08 Å². The Morgan fingerprint density at radius 1 is 0.920 bits per heavy atom. The largest absolute Gasteiger partial charge is 0.494 e. The lowest BCUT2D eigenvalue weighted by molar-refractivity contribution is 0.171. The Kier molecular flexibility index (Phi) is 6.95. The second-order valence-corrected chi connectivity index (χ2v) is 8.02. The minimum absolute atomic E-state index is 0.492. The highest BCUT2D eigenvalue weighted by molar-refractivity contribution is 5.29. The van der Waals surface area contributed by atoms with E-state index in [-0.39, 0.29) is 0 Å². The van der Waals surface area contributed by atoms with Crippen molar-refractivity contribution in [1.82, 2.24) is 0 Å². The predicted molar refractivity (Wildman–Crippen MR) is 103 cm³/mol. The lowest BCUT2D eigenvalue weighted by atomic mass is 9.68. The van der Waals surface area contributed by atoms with E-state index in [1.807, 2.05) is 0 Å². The maximum absolute atomic E-state index is 12.3. The Labute approximate surface area is 152 Å². The molecule has 0 amide bonds. The van der Waals surface area contributed by atoms with Gasteiger partial charge in [-0.15, -0.1) is 0 Å². The Hall–Kier alpha value is -1.31. The molecule has 0 bridgehead atoms. The zero-order chi connectivity index (χ0) is 17.5. The second-order valence-electron chi connectivity index (χ2n) is 8.02. The normalized spacial score (nSPS) is 30.5. The van der Waals surface area contributed by atoms with Gasteiger partial charge in [-0.25, -0.2) is 4.39 Å². The molecule has 2 aliphatic rings. The molecule has 25 heavy (non-hydrogen) atoms. The first-order valence-corrected chi connectivity index (χ1v) is 10.3.